The van der Waals surface area contributed by atoms with Gasteiger partial charge in [0.2, 0.25) is 5.91 Å². The van der Waals surface area contributed by atoms with Gasteiger partial charge in [-0.2, -0.15) is 0 Å². The van der Waals surface area contributed by atoms with Gasteiger partial charge in [0, 0.05) is 6.04 Å². The molecule has 0 aromatic heterocycles. The summed E-state index contributed by atoms with van der Waals surface area (Å²) < 4.78 is 0. The van der Waals surface area contributed by atoms with Gasteiger partial charge < -0.3 is 11.1 Å². The first-order valence-electron chi connectivity index (χ1n) is 5.12. The average molecular weight is 216 g/mol. The molecule has 0 aliphatic carbocycles. The van der Waals surface area contributed by atoms with E-state index in [4.69, 9.17) is 18.0 Å². The van der Waals surface area contributed by atoms with Crippen LogP contribution in [0, 0.1) is 5.92 Å². The summed E-state index contributed by atoms with van der Waals surface area (Å²) >= 11 is 4.83. The van der Waals surface area contributed by atoms with Crippen molar-refractivity contribution < 1.29 is 4.79 Å². The fourth-order valence-corrected chi connectivity index (χ4v) is 1.64. The lowest BCUT2D eigenvalue weighted by atomic mass is 10.1. The van der Waals surface area contributed by atoms with Crippen LogP contribution in [0.5, 0.6) is 0 Å². The molecule has 3 nitrogen and oxygen atoms in total. The summed E-state index contributed by atoms with van der Waals surface area (Å²) in [6, 6.07) is 0.205. The Balaban J connectivity index is 4.10. The molecule has 0 rings (SSSR count). The molecule has 14 heavy (non-hydrogen) atoms. The second-order valence-electron chi connectivity index (χ2n) is 3.56. The molecule has 0 spiro atoms. The third kappa shape index (κ3) is 4.56. The number of carbonyl (C=O) groups excluding carboxylic acids is 1. The standard InChI is InChI=1S/C10H20N2OS/c1-4-6-7(3)12-10(13)8(5-2)9(11)14/h7-8H,4-6H2,1-3H3,(H2,11,14)(H,12,13). The van der Waals surface area contributed by atoms with Gasteiger partial charge in [0.05, 0.1) is 10.9 Å². The molecule has 0 heterocycles. The smallest absolute Gasteiger partial charge is 0.230 e. The van der Waals surface area contributed by atoms with E-state index in [2.05, 4.69) is 12.2 Å². The van der Waals surface area contributed by atoms with Gasteiger partial charge in [0.1, 0.15) is 0 Å². The second kappa shape index (κ2) is 6.76. The fraction of sp³-hybridized carbons (Fsp3) is 0.800. The lowest BCUT2D eigenvalue weighted by Gasteiger charge is -2.17. The number of carbonyl (C=O) groups is 1. The molecular weight excluding hydrogens is 196 g/mol. The Morgan fingerprint density at radius 1 is 1.50 bits per heavy atom. The second-order valence-corrected chi connectivity index (χ2v) is 4.03. The number of nitrogens with one attached hydrogen (secondary N) is 1. The number of thiocarbonyl (C=S) groups is 1. The van der Waals surface area contributed by atoms with E-state index in [1.807, 2.05) is 13.8 Å². The highest BCUT2D eigenvalue weighted by molar-refractivity contribution is 7.80. The van der Waals surface area contributed by atoms with E-state index in [-0.39, 0.29) is 22.9 Å². The summed E-state index contributed by atoms with van der Waals surface area (Å²) in [5.74, 6) is -0.356. The fourth-order valence-electron chi connectivity index (χ4n) is 1.36. The molecule has 2 atom stereocenters. The maximum atomic E-state index is 11.6. The number of nitrogens with two attached hydrogens (primary N) is 1. The molecule has 4 heteroatoms. The first-order valence-corrected chi connectivity index (χ1v) is 5.53. The van der Waals surface area contributed by atoms with Crippen LogP contribution in [0.2, 0.25) is 0 Å². The van der Waals surface area contributed by atoms with Crippen LogP contribution in [0.1, 0.15) is 40.0 Å². The molecule has 0 aromatic rings. The highest BCUT2D eigenvalue weighted by Crippen LogP contribution is 2.04. The van der Waals surface area contributed by atoms with Gasteiger partial charge >= 0.3 is 0 Å². The highest BCUT2D eigenvalue weighted by atomic mass is 32.1. The van der Waals surface area contributed by atoms with Crippen molar-refractivity contribution >= 4 is 23.1 Å². The first-order chi connectivity index (χ1) is 6.52. The molecule has 0 aliphatic rings. The minimum absolute atomic E-state index is 0.0408. The highest BCUT2D eigenvalue weighted by Gasteiger charge is 2.20. The number of hydrogen-bond donors (Lipinski definition) is 2. The van der Waals surface area contributed by atoms with Crippen LogP contribution < -0.4 is 11.1 Å². The largest absolute Gasteiger partial charge is 0.393 e. The minimum Gasteiger partial charge on any atom is -0.393 e. The third-order valence-corrected chi connectivity index (χ3v) is 2.46. The van der Waals surface area contributed by atoms with Crippen molar-refractivity contribution in [3.05, 3.63) is 0 Å². The van der Waals surface area contributed by atoms with Crippen LogP contribution in [0.3, 0.4) is 0 Å². The molecule has 0 radical (unpaired) electrons. The van der Waals surface area contributed by atoms with E-state index >= 15 is 0 Å². The van der Waals surface area contributed by atoms with Crippen LogP contribution in [0.4, 0.5) is 0 Å². The van der Waals surface area contributed by atoms with E-state index in [0.717, 1.165) is 12.8 Å². The van der Waals surface area contributed by atoms with Gasteiger partial charge in [-0.05, 0) is 19.8 Å². The maximum absolute atomic E-state index is 11.6. The molecule has 0 fully saturated rings. The Labute approximate surface area is 91.4 Å². The molecule has 1 amide bonds. The van der Waals surface area contributed by atoms with Crippen LogP contribution >= 0.6 is 12.2 Å². The molecule has 82 valence electrons. The number of rotatable bonds is 6. The van der Waals surface area contributed by atoms with Crippen LogP contribution in [-0.2, 0) is 4.79 Å². The van der Waals surface area contributed by atoms with Crippen LogP contribution in [0.15, 0.2) is 0 Å². The van der Waals surface area contributed by atoms with Crippen molar-refractivity contribution in [2.75, 3.05) is 0 Å². The van der Waals surface area contributed by atoms with E-state index in [1.54, 1.807) is 0 Å². The lowest BCUT2D eigenvalue weighted by molar-refractivity contribution is -0.123. The molecule has 0 saturated heterocycles. The van der Waals surface area contributed by atoms with Gasteiger partial charge in [-0.1, -0.05) is 32.5 Å². The summed E-state index contributed by atoms with van der Waals surface area (Å²) in [5, 5.41) is 2.91. The van der Waals surface area contributed by atoms with Gasteiger partial charge in [0.15, 0.2) is 0 Å². The quantitative estimate of drug-likeness (QED) is 0.663. The van der Waals surface area contributed by atoms with Gasteiger partial charge in [-0.25, -0.2) is 0 Å². The topological polar surface area (TPSA) is 55.1 Å². The summed E-state index contributed by atoms with van der Waals surface area (Å²) in [5.41, 5.74) is 5.47. The molecular formula is C10H20N2OS. The van der Waals surface area contributed by atoms with Gasteiger partial charge in [-0.15, -0.1) is 0 Å². The van der Waals surface area contributed by atoms with Crippen molar-refractivity contribution in [3.63, 3.8) is 0 Å². The zero-order valence-electron chi connectivity index (χ0n) is 9.17. The summed E-state index contributed by atoms with van der Waals surface area (Å²) in [7, 11) is 0. The Hall–Kier alpha value is -0.640. The van der Waals surface area contributed by atoms with Crippen molar-refractivity contribution in [2.45, 2.75) is 46.1 Å². The monoisotopic (exact) mass is 216 g/mol. The van der Waals surface area contributed by atoms with Crippen LogP contribution in [-0.4, -0.2) is 16.9 Å². The Bertz CT molecular complexity index is 206. The zero-order chi connectivity index (χ0) is 11.1. The van der Waals surface area contributed by atoms with Gasteiger partial charge in [0.25, 0.3) is 0 Å². The normalized spacial score (nSPS) is 14.5. The van der Waals surface area contributed by atoms with E-state index < -0.39 is 0 Å². The van der Waals surface area contributed by atoms with Crippen molar-refractivity contribution in [3.8, 4) is 0 Å². The third-order valence-electron chi connectivity index (χ3n) is 2.18. The minimum atomic E-state index is -0.315. The van der Waals surface area contributed by atoms with Crippen molar-refractivity contribution in [1.82, 2.24) is 5.32 Å². The Morgan fingerprint density at radius 2 is 2.07 bits per heavy atom. The van der Waals surface area contributed by atoms with Crippen molar-refractivity contribution in [1.29, 1.82) is 0 Å². The number of hydrogen-bond acceptors (Lipinski definition) is 2. The summed E-state index contributed by atoms with van der Waals surface area (Å²) in [4.78, 5) is 11.9. The summed E-state index contributed by atoms with van der Waals surface area (Å²) in [6.45, 7) is 6.00. The maximum Gasteiger partial charge on any atom is 0.230 e. The first kappa shape index (κ1) is 13.4. The zero-order valence-corrected chi connectivity index (χ0v) is 9.99. The number of amides is 1. The van der Waals surface area contributed by atoms with Gasteiger partial charge in [-0.3, -0.25) is 4.79 Å². The Kier molecular flexibility index (Phi) is 6.45. The SMILES string of the molecule is CCCC(C)NC(=O)C(CC)C(N)=S. The molecule has 0 aliphatic heterocycles. The predicted octanol–water partition coefficient (Wildman–Crippen LogP) is 1.60. The molecule has 0 bridgehead atoms. The molecule has 0 aromatic carbocycles. The van der Waals surface area contributed by atoms with E-state index in [9.17, 15) is 4.79 Å². The van der Waals surface area contributed by atoms with Crippen molar-refractivity contribution in [2.24, 2.45) is 11.7 Å². The predicted molar refractivity (Wildman–Crippen MR) is 63.1 cm³/mol. The molecule has 2 unspecified atom stereocenters. The molecule has 0 saturated carbocycles. The van der Waals surface area contributed by atoms with E-state index in [0.29, 0.717) is 6.42 Å². The van der Waals surface area contributed by atoms with E-state index in [1.165, 1.54) is 0 Å². The summed E-state index contributed by atoms with van der Waals surface area (Å²) in [6.07, 6.45) is 2.71. The lowest BCUT2D eigenvalue weighted by Crippen LogP contribution is -2.41. The van der Waals surface area contributed by atoms with Crippen LogP contribution in [0.25, 0.3) is 0 Å². The average Bonchev–Trinajstić information content (AvgIpc) is 2.04. The Morgan fingerprint density at radius 3 is 2.43 bits per heavy atom. The molecule has 3 N–H and O–H groups in total.